The molecule has 6 heteroatoms. The van der Waals surface area contributed by atoms with Crippen LogP contribution in [-0.4, -0.2) is 20.1 Å². The second-order valence-electron chi connectivity index (χ2n) is 6.75. The molecule has 0 bridgehead atoms. The zero-order valence-electron chi connectivity index (χ0n) is 15.2. The summed E-state index contributed by atoms with van der Waals surface area (Å²) < 4.78 is 0. The Balaban J connectivity index is 0.000000206. The molecule has 1 aromatic carbocycles. The van der Waals surface area contributed by atoms with E-state index in [1.165, 1.54) is 23.0 Å². The van der Waals surface area contributed by atoms with Crippen molar-refractivity contribution in [2.45, 2.75) is 45.6 Å². The van der Waals surface area contributed by atoms with Gasteiger partial charge in [-0.3, -0.25) is 0 Å². The second kappa shape index (κ2) is 7.82. The second-order valence-corrected chi connectivity index (χ2v) is 8.19. The first-order valence-corrected chi connectivity index (χ1v) is 9.76. The van der Waals surface area contributed by atoms with E-state index in [4.69, 9.17) is 11.6 Å². The van der Waals surface area contributed by atoms with Gasteiger partial charge in [0.2, 0.25) is 0 Å². The van der Waals surface area contributed by atoms with E-state index in [0.717, 1.165) is 34.8 Å². The molecular formula is C20H22ClN3OS. The molecule has 0 atom stereocenters. The topological polar surface area (TPSA) is 58.9 Å². The lowest BCUT2D eigenvalue weighted by Gasteiger charge is -2.34. The van der Waals surface area contributed by atoms with Crippen molar-refractivity contribution < 1.29 is 5.11 Å². The molecule has 0 radical (unpaired) electrons. The van der Waals surface area contributed by atoms with Crippen LogP contribution in [0.2, 0.25) is 5.02 Å². The Labute approximate surface area is 162 Å². The summed E-state index contributed by atoms with van der Waals surface area (Å²) in [5.41, 5.74) is 3.92. The number of benzene rings is 1. The SMILES string of the molecule is Cc1cc(C)cc(-c2cnc(C3(O)CCC3)s2)c1.Cc1ncncc1Cl. The van der Waals surface area contributed by atoms with Crippen molar-refractivity contribution in [2.24, 2.45) is 0 Å². The molecule has 0 aliphatic heterocycles. The predicted octanol–water partition coefficient (Wildman–Crippen LogP) is 5.24. The number of aliphatic hydroxyl groups is 1. The van der Waals surface area contributed by atoms with Crippen LogP contribution in [0.15, 0.2) is 36.9 Å². The standard InChI is InChI=1S/C15H17NOS.C5H5ClN2/c1-10-6-11(2)8-12(7-10)13-9-16-14(18-13)15(17)4-3-5-15;1-4-5(6)2-7-3-8-4/h6-9,17H,3-5H2,1-2H3;2-3H,1H3. The van der Waals surface area contributed by atoms with E-state index in [1.54, 1.807) is 17.5 Å². The van der Waals surface area contributed by atoms with Crippen LogP contribution in [-0.2, 0) is 5.60 Å². The van der Waals surface area contributed by atoms with Crippen LogP contribution >= 0.6 is 22.9 Å². The molecule has 3 aromatic rings. The fourth-order valence-corrected chi connectivity index (χ4v) is 3.99. The third-order valence-electron chi connectivity index (χ3n) is 4.44. The number of aromatic nitrogens is 3. The van der Waals surface area contributed by atoms with E-state index in [9.17, 15) is 5.11 Å². The molecule has 26 heavy (non-hydrogen) atoms. The smallest absolute Gasteiger partial charge is 0.125 e. The third kappa shape index (κ3) is 4.29. The Morgan fingerprint density at radius 2 is 1.73 bits per heavy atom. The van der Waals surface area contributed by atoms with E-state index < -0.39 is 5.60 Å². The predicted molar refractivity (Wildman–Crippen MR) is 107 cm³/mol. The average Bonchev–Trinajstić information content (AvgIpc) is 3.06. The highest BCUT2D eigenvalue weighted by atomic mass is 35.5. The van der Waals surface area contributed by atoms with E-state index in [0.29, 0.717) is 5.02 Å². The van der Waals surface area contributed by atoms with Gasteiger partial charge in [-0.1, -0.05) is 40.9 Å². The summed E-state index contributed by atoms with van der Waals surface area (Å²) in [6.45, 7) is 6.06. The van der Waals surface area contributed by atoms with Crippen LogP contribution in [0.5, 0.6) is 0 Å². The number of thiazole rings is 1. The van der Waals surface area contributed by atoms with Gasteiger partial charge in [0.25, 0.3) is 0 Å². The van der Waals surface area contributed by atoms with Crippen LogP contribution in [0.1, 0.15) is 41.1 Å². The van der Waals surface area contributed by atoms with E-state index in [1.807, 2.05) is 13.1 Å². The van der Waals surface area contributed by atoms with Crippen molar-refractivity contribution in [3.05, 3.63) is 63.8 Å². The maximum Gasteiger partial charge on any atom is 0.125 e. The van der Waals surface area contributed by atoms with E-state index in [2.05, 4.69) is 47.0 Å². The molecule has 136 valence electrons. The van der Waals surface area contributed by atoms with Crippen LogP contribution in [0.25, 0.3) is 10.4 Å². The minimum absolute atomic E-state index is 0.618. The highest BCUT2D eigenvalue weighted by molar-refractivity contribution is 7.15. The van der Waals surface area contributed by atoms with Gasteiger partial charge in [-0.05, 0) is 45.6 Å². The largest absolute Gasteiger partial charge is 0.383 e. The molecule has 1 saturated carbocycles. The maximum atomic E-state index is 10.3. The molecule has 4 rings (SSSR count). The number of halogens is 1. The summed E-state index contributed by atoms with van der Waals surface area (Å²) in [6, 6.07) is 6.52. The summed E-state index contributed by atoms with van der Waals surface area (Å²) in [5.74, 6) is 0. The van der Waals surface area contributed by atoms with Crippen molar-refractivity contribution >= 4 is 22.9 Å². The minimum atomic E-state index is -0.637. The molecule has 2 heterocycles. The van der Waals surface area contributed by atoms with E-state index in [-0.39, 0.29) is 0 Å². The fraction of sp³-hybridized carbons (Fsp3) is 0.350. The van der Waals surface area contributed by atoms with Gasteiger partial charge >= 0.3 is 0 Å². The average molecular weight is 388 g/mol. The van der Waals surface area contributed by atoms with Gasteiger partial charge in [0, 0.05) is 12.4 Å². The molecule has 0 saturated heterocycles. The molecule has 1 aliphatic rings. The van der Waals surface area contributed by atoms with Gasteiger partial charge in [-0.15, -0.1) is 11.3 Å². The van der Waals surface area contributed by atoms with Crippen molar-refractivity contribution in [3.63, 3.8) is 0 Å². The van der Waals surface area contributed by atoms with Crippen molar-refractivity contribution in [1.29, 1.82) is 0 Å². The molecule has 1 N–H and O–H groups in total. The first-order valence-electron chi connectivity index (χ1n) is 8.57. The summed E-state index contributed by atoms with van der Waals surface area (Å²) in [4.78, 5) is 13.1. The number of nitrogens with zero attached hydrogens (tertiary/aromatic N) is 3. The molecule has 2 aromatic heterocycles. The van der Waals surface area contributed by atoms with Gasteiger partial charge in [0.1, 0.15) is 16.9 Å². The van der Waals surface area contributed by atoms with Gasteiger partial charge in [0.05, 0.1) is 15.6 Å². The Kier molecular flexibility index (Phi) is 5.70. The molecule has 0 spiro atoms. The highest BCUT2D eigenvalue weighted by Crippen LogP contribution is 2.44. The van der Waals surface area contributed by atoms with Gasteiger partial charge < -0.3 is 5.11 Å². The normalized spacial score (nSPS) is 15.0. The monoisotopic (exact) mass is 387 g/mol. The molecule has 1 aliphatic carbocycles. The molecule has 0 amide bonds. The number of hydrogen-bond acceptors (Lipinski definition) is 5. The molecule has 4 nitrogen and oxygen atoms in total. The van der Waals surface area contributed by atoms with Crippen molar-refractivity contribution in [3.8, 4) is 10.4 Å². The Morgan fingerprint density at radius 3 is 2.23 bits per heavy atom. The van der Waals surface area contributed by atoms with Crippen LogP contribution in [0.3, 0.4) is 0 Å². The summed E-state index contributed by atoms with van der Waals surface area (Å²) in [5, 5.41) is 11.8. The molecule has 1 fully saturated rings. The number of aryl methyl sites for hydroxylation is 3. The highest BCUT2D eigenvalue weighted by Gasteiger charge is 2.39. The summed E-state index contributed by atoms with van der Waals surface area (Å²) >= 11 is 7.21. The van der Waals surface area contributed by atoms with Crippen LogP contribution in [0, 0.1) is 20.8 Å². The lowest BCUT2D eigenvalue weighted by atomic mass is 9.81. The van der Waals surface area contributed by atoms with Crippen molar-refractivity contribution in [2.75, 3.05) is 0 Å². The Morgan fingerprint density at radius 1 is 1.04 bits per heavy atom. The minimum Gasteiger partial charge on any atom is -0.383 e. The summed E-state index contributed by atoms with van der Waals surface area (Å²) in [6.07, 6.45) is 7.75. The Hall–Kier alpha value is -1.82. The van der Waals surface area contributed by atoms with Gasteiger partial charge in [-0.2, -0.15) is 0 Å². The third-order valence-corrected chi connectivity index (χ3v) is 6.05. The van der Waals surface area contributed by atoms with Gasteiger partial charge in [-0.25, -0.2) is 15.0 Å². The van der Waals surface area contributed by atoms with E-state index >= 15 is 0 Å². The maximum absolute atomic E-state index is 10.3. The lowest BCUT2D eigenvalue weighted by Crippen LogP contribution is -2.33. The number of hydrogen-bond donors (Lipinski definition) is 1. The van der Waals surface area contributed by atoms with Crippen LogP contribution < -0.4 is 0 Å². The van der Waals surface area contributed by atoms with Gasteiger partial charge in [0.15, 0.2) is 0 Å². The van der Waals surface area contributed by atoms with Crippen molar-refractivity contribution in [1.82, 2.24) is 15.0 Å². The Bertz CT molecular complexity index is 864. The lowest BCUT2D eigenvalue weighted by molar-refractivity contribution is -0.0389. The molecule has 0 unspecified atom stereocenters. The number of rotatable bonds is 2. The zero-order chi connectivity index (χ0) is 18.7. The fourth-order valence-electron chi connectivity index (χ4n) is 2.84. The first-order chi connectivity index (χ1) is 12.4. The first kappa shape index (κ1) is 19.0. The van der Waals surface area contributed by atoms with Crippen LogP contribution in [0.4, 0.5) is 0 Å². The summed E-state index contributed by atoms with van der Waals surface area (Å²) in [7, 11) is 0. The zero-order valence-corrected chi connectivity index (χ0v) is 16.7. The molecular weight excluding hydrogens is 366 g/mol. The quantitative estimate of drug-likeness (QED) is 0.653.